The molecule has 0 aliphatic carbocycles. The molecule has 0 radical (unpaired) electrons. The molecule has 0 amide bonds. The van der Waals surface area contributed by atoms with E-state index in [-0.39, 0.29) is 10.7 Å². The Balaban J connectivity index is 1.82. The lowest BCUT2D eigenvalue weighted by molar-refractivity contribution is -0.152. The summed E-state index contributed by atoms with van der Waals surface area (Å²) in [5.74, 6) is -1.33. The minimum absolute atomic E-state index is 0.135. The van der Waals surface area contributed by atoms with Gasteiger partial charge in [-0.05, 0) is 43.2 Å². The monoisotopic (exact) mass is 357 g/mol. The predicted octanol–water partition coefficient (Wildman–Crippen LogP) is 3.91. The van der Waals surface area contributed by atoms with Crippen LogP contribution in [0.25, 0.3) is 0 Å². The molecule has 1 aliphatic heterocycles. The first-order valence-corrected chi connectivity index (χ1v) is 8.04. The summed E-state index contributed by atoms with van der Waals surface area (Å²) in [5.41, 5.74) is 3.11. The van der Waals surface area contributed by atoms with E-state index in [1.54, 1.807) is 25.1 Å². The van der Waals surface area contributed by atoms with Crippen molar-refractivity contribution < 1.29 is 19.1 Å². The van der Waals surface area contributed by atoms with E-state index in [2.05, 4.69) is 5.32 Å². The summed E-state index contributed by atoms with van der Waals surface area (Å²) in [5, 5.41) is 2.87. The number of rotatable bonds is 4. The van der Waals surface area contributed by atoms with Crippen LogP contribution in [0.15, 0.2) is 59.3 Å². The largest absolute Gasteiger partial charge is 0.415 e. The zero-order valence-corrected chi connectivity index (χ0v) is 14.5. The van der Waals surface area contributed by atoms with Crippen LogP contribution in [0.1, 0.15) is 21.5 Å². The average Bonchev–Trinajstić information content (AvgIpc) is 2.83. The molecule has 1 aliphatic rings. The molecule has 0 aromatic heterocycles. The van der Waals surface area contributed by atoms with Crippen molar-refractivity contribution in [3.05, 3.63) is 76.0 Å². The maximum Gasteiger partial charge on any atom is 0.355 e. The van der Waals surface area contributed by atoms with Crippen molar-refractivity contribution in [3.8, 4) is 0 Å². The second kappa shape index (κ2) is 6.99. The third kappa shape index (κ3) is 3.67. The van der Waals surface area contributed by atoms with Crippen LogP contribution in [-0.2, 0) is 14.3 Å². The van der Waals surface area contributed by atoms with Crippen LogP contribution >= 0.6 is 11.6 Å². The molecule has 1 atom stereocenters. The molecule has 2 aromatic rings. The van der Waals surface area contributed by atoms with Gasteiger partial charge in [0.1, 0.15) is 5.70 Å². The molecule has 3 rings (SSSR count). The quantitative estimate of drug-likeness (QED) is 0.840. The van der Waals surface area contributed by atoms with Crippen molar-refractivity contribution >= 4 is 29.2 Å². The molecule has 5 nitrogen and oxygen atoms in total. The third-order valence-corrected chi connectivity index (χ3v) is 4.10. The molecule has 1 N–H and O–H groups in total. The van der Waals surface area contributed by atoms with E-state index in [1.807, 2.05) is 37.3 Å². The summed E-state index contributed by atoms with van der Waals surface area (Å²) in [6.45, 7) is 3.74. The minimum atomic E-state index is -1.22. The molecular formula is C19H16ClNO4. The topological polar surface area (TPSA) is 64.6 Å². The number of benzene rings is 2. The van der Waals surface area contributed by atoms with Gasteiger partial charge in [-0.25, -0.2) is 9.59 Å². The van der Waals surface area contributed by atoms with Gasteiger partial charge in [0, 0.05) is 5.69 Å². The SMILES string of the molecule is Cc1cccc(NC2=C(Cl)C(=O)O[C@@H]2OC(=O)c2ccccc2C)c1. The maximum atomic E-state index is 12.4. The second-order valence-electron chi connectivity index (χ2n) is 5.68. The van der Waals surface area contributed by atoms with Crippen LogP contribution in [0.4, 0.5) is 5.69 Å². The van der Waals surface area contributed by atoms with Gasteiger partial charge in [0.05, 0.1) is 5.56 Å². The Bertz CT molecular complexity index is 875. The summed E-state index contributed by atoms with van der Waals surface area (Å²) in [7, 11) is 0. The Morgan fingerprint density at radius 2 is 1.92 bits per heavy atom. The van der Waals surface area contributed by atoms with Crippen molar-refractivity contribution in [1.29, 1.82) is 0 Å². The molecule has 25 heavy (non-hydrogen) atoms. The third-order valence-electron chi connectivity index (χ3n) is 3.74. The standard InChI is InChI=1S/C19H16ClNO4/c1-11-6-5-8-13(10-11)21-16-15(20)18(23)25-19(16)24-17(22)14-9-4-3-7-12(14)2/h3-10,19,21H,1-2H3/t19-/m0/s1. The van der Waals surface area contributed by atoms with E-state index in [0.29, 0.717) is 11.3 Å². The lowest BCUT2D eigenvalue weighted by Gasteiger charge is -2.17. The number of hydrogen-bond donors (Lipinski definition) is 1. The number of anilines is 1. The Kier molecular flexibility index (Phi) is 4.76. The van der Waals surface area contributed by atoms with Gasteiger partial charge in [-0.3, -0.25) is 0 Å². The molecule has 6 heteroatoms. The number of cyclic esters (lactones) is 1. The van der Waals surface area contributed by atoms with Crippen LogP contribution in [-0.4, -0.2) is 18.2 Å². The number of carbonyl (C=O) groups is 2. The number of esters is 2. The first-order valence-electron chi connectivity index (χ1n) is 7.66. The Hall–Kier alpha value is -2.79. The Morgan fingerprint density at radius 3 is 2.64 bits per heavy atom. The molecule has 0 saturated heterocycles. The number of nitrogens with one attached hydrogen (secondary N) is 1. The van der Waals surface area contributed by atoms with Crippen LogP contribution in [0.3, 0.4) is 0 Å². The van der Waals surface area contributed by atoms with E-state index in [9.17, 15) is 9.59 Å². The molecule has 128 valence electrons. The molecule has 0 unspecified atom stereocenters. The second-order valence-corrected chi connectivity index (χ2v) is 6.06. The molecule has 0 spiro atoms. The van der Waals surface area contributed by atoms with Crippen LogP contribution in [0.5, 0.6) is 0 Å². The molecule has 2 aromatic carbocycles. The number of aryl methyl sites for hydroxylation is 2. The summed E-state index contributed by atoms with van der Waals surface area (Å²) < 4.78 is 10.4. The summed E-state index contributed by atoms with van der Waals surface area (Å²) in [6.07, 6.45) is -1.22. The first-order chi connectivity index (χ1) is 12.0. The van der Waals surface area contributed by atoms with Crippen LogP contribution in [0.2, 0.25) is 0 Å². The number of carbonyl (C=O) groups excluding carboxylic acids is 2. The zero-order chi connectivity index (χ0) is 18.0. The highest BCUT2D eigenvalue weighted by Gasteiger charge is 2.36. The predicted molar refractivity (Wildman–Crippen MR) is 94.2 cm³/mol. The fourth-order valence-corrected chi connectivity index (χ4v) is 2.64. The highest BCUT2D eigenvalue weighted by Crippen LogP contribution is 2.29. The normalized spacial score (nSPS) is 16.6. The van der Waals surface area contributed by atoms with Crippen LogP contribution < -0.4 is 5.32 Å². The Morgan fingerprint density at radius 1 is 1.16 bits per heavy atom. The van der Waals surface area contributed by atoms with Crippen molar-refractivity contribution in [2.75, 3.05) is 5.32 Å². The summed E-state index contributed by atoms with van der Waals surface area (Å²) >= 11 is 6.03. The smallest absolute Gasteiger partial charge is 0.355 e. The number of halogens is 1. The molecule has 1 heterocycles. The summed E-state index contributed by atoms with van der Waals surface area (Å²) in [6, 6.07) is 14.5. The van der Waals surface area contributed by atoms with Gasteiger partial charge in [-0.2, -0.15) is 0 Å². The lowest BCUT2D eigenvalue weighted by Crippen LogP contribution is -2.24. The summed E-state index contributed by atoms with van der Waals surface area (Å²) in [4.78, 5) is 24.2. The van der Waals surface area contributed by atoms with E-state index in [1.165, 1.54) is 0 Å². The molecule has 0 fully saturated rings. The molecular weight excluding hydrogens is 342 g/mol. The number of ether oxygens (including phenoxy) is 2. The van der Waals surface area contributed by atoms with Gasteiger partial charge in [-0.15, -0.1) is 0 Å². The lowest BCUT2D eigenvalue weighted by atomic mass is 10.1. The van der Waals surface area contributed by atoms with Gasteiger partial charge in [0.2, 0.25) is 0 Å². The molecule has 0 bridgehead atoms. The highest BCUT2D eigenvalue weighted by molar-refractivity contribution is 6.42. The average molecular weight is 358 g/mol. The number of hydrogen-bond acceptors (Lipinski definition) is 5. The molecule has 0 saturated carbocycles. The van der Waals surface area contributed by atoms with E-state index >= 15 is 0 Å². The van der Waals surface area contributed by atoms with Gasteiger partial charge < -0.3 is 14.8 Å². The van der Waals surface area contributed by atoms with E-state index < -0.39 is 18.2 Å². The van der Waals surface area contributed by atoms with Crippen molar-refractivity contribution in [1.82, 2.24) is 0 Å². The van der Waals surface area contributed by atoms with Crippen molar-refractivity contribution in [2.24, 2.45) is 0 Å². The highest BCUT2D eigenvalue weighted by atomic mass is 35.5. The fourth-order valence-electron chi connectivity index (χ4n) is 2.46. The van der Waals surface area contributed by atoms with Crippen molar-refractivity contribution in [3.63, 3.8) is 0 Å². The Labute approximate surface area is 150 Å². The van der Waals surface area contributed by atoms with Crippen LogP contribution in [0, 0.1) is 13.8 Å². The van der Waals surface area contributed by atoms with Gasteiger partial charge in [0.15, 0.2) is 5.03 Å². The fraction of sp³-hybridized carbons (Fsp3) is 0.158. The minimum Gasteiger partial charge on any atom is -0.415 e. The van der Waals surface area contributed by atoms with E-state index in [0.717, 1.165) is 11.1 Å². The van der Waals surface area contributed by atoms with Crippen molar-refractivity contribution in [2.45, 2.75) is 20.1 Å². The van der Waals surface area contributed by atoms with Gasteiger partial charge in [-0.1, -0.05) is 41.9 Å². The maximum absolute atomic E-state index is 12.4. The van der Waals surface area contributed by atoms with Gasteiger partial charge in [0.25, 0.3) is 6.29 Å². The zero-order valence-electron chi connectivity index (χ0n) is 13.7. The first kappa shape index (κ1) is 17.0. The van der Waals surface area contributed by atoms with Gasteiger partial charge >= 0.3 is 11.9 Å². The van der Waals surface area contributed by atoms with E-state index in [4.69, 9.17) is 21.1 Å².